The molecule has 0 fully saturated rings. The molecule has 0 aromatic carbocycles. The van der Waals surface area contributed by atoms with Gasteiger partial charge in [0, 0.05) is 25.8 Å². The summed E-state index contributed by atoms with van der Waals surface area (Å²) in [5.74, 6) is -11.4. The lowest BCUT2D eigenvalue weighted by molar-refractivity contribution is -0.143. The van der Waals surface area contributed by atoms with E-state index in [-0.39, 0.29) is 57.6 Å². The number of aliphatic imine (C=N–C) groups is 1. The average Bonchev–Trinajstić information content (AvgIpc) is 3.15. The Hall–Kier alpha value is -6.11. The maximum Gasteiger partial charge on any atom is 0.326 e. The van der Waals surface area contributed by atoms with Gasteiger partial charge in [-0.15, -0.1) is 0 Å². The van der Waals surface area contributed by atoms with Gasteiger partial charge >= 0.3 is 17.9 Å². The number of nitrogens with zero attached hydrogens (tertiary/aromatic N) is 1. The summed E-state index contributed by atoms with van der Waals surface area (Å²) in [7, 11) is 0. The van der Waals surface area contributed by atoms with Crippen LogP contribution in [0.1, 0.15) is 91.4 Å². The van der Waals surface area contributed by atoms with Gasteiger partial charge in [0.25, 0.3) is 0 Å². The minimum atomic E-state index is -1.61. The van der Waals surface area contributed by atoms with Gasteiger partial charge in [-0.25, -0.2) is 4.79 Å². The third-order valence-corrected chi connectivity index (χ3v) is 8.67. The van der Waals surface area contributed by atoms with Crippen molar-refractivity contribution < 1.29 is 63.3 Å². The topological polar surface area (TPSA) is 446 Å². The van der Waals surface area contributed by atoms with Crippen molar-refractivity contribution in [3.05, 3.63) is 0 Å². The van der Waals surface area contributed by atoms with Crippen LogP contribution in [0.25, 0.3) is 0 Å². The van der Waals surface area contributed by atoms with Crippen molar-refractivity contribution in [2.75, 3.05) is 13.1 Å². The molecule has 0 saturated carbocycles. The van der Waals surface area contributed by atoms with Crippen LogP contribution >= 0.6 is 0 Å². The number of carboxylic acid groups (broad SMARTS) is 3. The van der Waals surface area contributed by atoms with Gasteiger partial charge in [0.05, 0.1) is 6.04 Å². The Labute approximate surface area is 346 Å². The molecule has 0 spiro atoms. The summed E-state index contributed by atoms with van der Waals surface area (Å²) in [6, 6.07) is -9.90. The van der Waals surface area contributed by atoms with Crippen LogP contribution < -0.4 is 60.6 Å². The zero-order valence-corrected chi connectivity index (χ0v) is 34.1. The van der Waals surface area contributed by atoms with Crippen LogP contribution in [0.2, 0.25) is 0 Å². The van der Waals surface area contributed by atoms with E-state index in [1.54, 1.807) is 13.8 Å². The lowest BCUT2D eigenvalue weighted by Gasteiger charge is -2.29. The third kappa shape index (κ3) is 22.7. The largest absolute Gasteiger partial charge is 0.481 e. The second-order valence-corrected chi connectivity index (χ2v) is 14.3. The molecule has 0 radical (unpaired) electrons. The smallest absolute Gasteiger partial charge is 0.326 e. The van der Waals surface area contributed by atoms with Gasteiger partial charge in [0.15, 0.2) is 5.96 Å². The Bertz CT molecular complexity index is 1540. The molecule has 0 rings (SSSR count). The molecule has 25 nitrogen and oxygen atoms in total. The standard InChI is InChI=1S/C35H62N12O13/c1-17(2)27(33(58)45-20(8-6-16-41-35(39)40)29(54)46-23(34(59)60)9-12-24(38)48)47-32(57)19(7-4-5-15-36)43-31(56)22(11-14-26(51)52)44-30(55)21(10-13-25(49)50)42-28(53)18(3)37/h17-23,27H,4-16,36-37H2,1-3H3,(H2,38,48)(H,42,53)(H,43,56)(H,44,55)(H,45,58)(H,46,54)(H,47,57)(H,49,50)(H,51,52)(H,59,60)(H4,39,40,41)/t18-,19-,20-,21-,22-,23-,27-/m0/s1. The predicted molar refractivity (Wildman–Crippen MR) is 213 cm³/mol. The molecule has 340 valence electrons. The number of guanidine groups is 1. The number of primary amides is 1. The van der Waals surface area contributed by atoms with Crippen molar-refractivity contribution in [1.82, 2.24) is 31.9 Å². The molecule has 19 N–H and O–H groups in total. The first-order chi connectivity index (χ1) is 28.0. The molecular weight excluding hydrogens is 796 g/mol. The highest BCUT2D eigenvalue weighted by Gasteiger charge is 2.34. The molecule has 0 bridgehead atoms. The number of amides is 7. The van der Waals surface area contributed by atoms with Gasteiger partial charge in [0.1, 0.15) is 36.3 Å². The summed E-state index contributed by atoms with van der Waals surface area (Å²) in [5.41, 5.74) is 27.1. The van der Waals surface area contributed by atoms with E-state index in [4.69, 9.17) is 33.8 Å². The minimum Gasteiger partial charge on any atom is -0.481 e. The van der Waals surface area contributed by atoms with Crippen LogP contribution in [-0.4, -0.2) is 136 Å². The number of hydrogen-bond acceptors (Lipinski definition) is 13. The fraction of sp³-hybridized carbons (Fsp3) is 0.686. The molecule has 0 heterocycles. The van der Waals surface area contributed by atoms with Crippen molar-refractivity contribution in [3.8, 4) is 0 Å². The van der Waals surface area contributed by atoms with Crippen molar-refractivity contribution in [2.45, 2.75) is 134 Å². The number of nitrogens with one attached hydrogen (secondary N) is 6. The molecule has 60 heavy (non-hydrogen) atoms. The molecule has 7 amide bonds. The number of carbonyl (C=O) groups is 10. The van der Waals surface area contributed by atoms with E-state index >= 15 is 0 Å². The van der Waals surface area contributed by atoms with Gasteiger partial charge in [-0.1, -0.05) is 13.8 Å². The molecule has 0 aromatic heterocycles. The van der Waals surface area contributed by atoms with Gasteiger partial charge < -0.3 is 75.9 Å². The zero-order chi connectivity index (χ0) is 46.1. The lowest BCUT2D eigenvalue weighted by Crippen LogP contribution is -2.60. The number of hydrogen-bond donors (Lipinski definition) is 14. The SMILES string of the molecule is CC(C)[C@H](NC(=O)[C@H](CCCCN)NC(=O)[C@H](CCC(=O)O)NC(=O)[C@H](CCC(=O)O)NC(=O)[C@H](C)N)C(=O)N[C@@H](CCCN=C(N)N)C(=O)N[C@@H](CCC(N)=O)C(=O)O. The van der Waals surface area contributed by atoms with E-state index in [2.05, 4.69) is 36.9 Å². The number of aliphatic carboxylic acids is 3. The Balaban J connectivity index is 6.49. The highest BCUT2D eigenvalue weighted by Crippen LogP contribution is 2.11. The van der Waals surface area contributed by atoms with Crippen LogP contribution in [0.4, 0.5) is 0 Å². The Morgan fingerprint density at radius 1 is 0.517 bits per heavy atom. The first kappa shape index (κ1) is 53.9. The molecule has 0 aliphatic rings. The van der Waals surface area contributed by atoms with E-state index in [1.807, 2.05) is 0 Å². The third-order valence-electron chi connectivity index (χ3n) is 8.67. The van der Waals surface area contributed by atoms with Gasteiger partial charge in [-0.05, 0) is 70.8 Å². The van der Waals surface area contributed by atoms with Crippen LogP contribution in [0.3, 0.4) is 0 Å². The monoisotopic (exact) mass is 858 g/mol. The van der Waals surface area contributed by atoms with E-state index in [0.717, 1.165) is 0 Å². The quantitative estimate of drug-likeness (QED) is 0.0177. The summed E-state index contributed by atoms with van der Waals surface area (Å²) < 4.78 is 0. The number of carbonyl (C=O) groups excluding carboxylic acids is 7. The summed E-state index contributed by atoms with van der Waals surface area (Å²) in [5, 5.41) is 42.5. The Kier molecular flexibility index (Phi) is 25.5. The van der Waals surface area contributed by atoms with Crippen molar-refractivity contribution in [2.24, 2.45) is 39.6 Å². The molecule has 0 aromatic rings. The van der Waals surface area contributed by atoms with Gasteiger partial charge in [0.2, 0.25) is 41.4 Å². The predicted octanol–water partition coefficient (Wildman–Crippen LogP) is -4.84. The molecule has 7 atom stereocenters. The van der Waals surface area contributed by atoms with E-state index < -0.39 is 133 Å². The molecule has 0 saturated heterocycles. The highest BCUT2D eigenvalue weighted by atomic mass is 16.4. The second kappa shape index (κ2) is 28.3. The zero-order valence-electron chi connectivity index (χ0n) is 34.1. The van der Waals surface area contributed by atoms with E-state index in [9.17, 15) is 58.2 Å². The molecule has 0 aliphatic heterocycles. The first-order valence-electron chi connectivity index (χ1n) is 19.3. The number of carboxylic acids is 3. The number of rotatable bonds is 31. The summed E-state index contributed by atoms with van der Waals surface area (Å²) in [4.78, 5) is 130. The fourth-order valence-corrected chi connectivity index (χ4v) is 5.32. The summed E-state index contributed by atoms with van der Waals surface area (Å²) in [6.45, 7) is 4.67. The molecule has 0 unspecified atom stereocenters. The normalized spacial score (nSPS) is 14.4. The van der Waals surface area contributed by atoms with E-state index in [1.165, 1.54) is 6.92 Å². The number of unbranched alkanes of at least 4 members (excludes halogenated alkanes) is 1. The first-order valence-corrected chi connectivity index (χ1v) is 19.3. The van der Waals surface area contributed by atoms with Gasteiger partial charge in [-0.2, -0.15) is 0 Å². The summed E-state index contributed by atoms with van der Waals surface area (Å²) >= 11 is 0. The van der Waals surface area contributed by atoms with Crippen LogP contribution in [0.5, 0.6) is 0 Å². The highest BCUT2D eigenvalue weighted by molar-refractivity contribution is 5.97. The number of nitrogens with two attached hydrogens (primary N) is 5. The Morgan fingerprint density at radius 2 is 0.917 bits per heavy atom. The fourth-order valence-electron chi connectivity index (χ4n) is 5.32. The van der Waals surface area contributed by atoms with E-state index in [0.29, 0.717) is 6.42 Å². The summed E-state index contributed by atoms with van der Waals surface area (Å²) in [6.07, 6.45) is -2.18. The van der Waals surface area contributed by atoms with Gasteiger partial charge in [-0.3, -0.25) is 48.1 Å². The Morgan fingerprint density at radius 3 is 1.32 bits per heavy atom. The van der Waals surface area contributed by atoms with Crippen LogP contribution in [-0.2, 0) is 47.9 Å². The maximum atomic E-state index is 13.8. The molecule has 0 aliphatic carbocycles. The van der Waals surface area contributed by atoms with Crippen molar-refractivity contribution in [3.63, 3.8) is 0 Å². The van der Waals surface area contributed by atoms with Crippen LogP contribution in [0.15, 0.2) is 4.99 Å². The maximum absolute atomic E-state index is 13.8. The molecule has 25 heteroatoms. The van der Waals surface area contributed by atoms with Crippen LogP contribution in [0, 0.1) is 5.92 Å². The lowest BCUT2D eigenvalue weighted by atomic mass is 10.00. The second-order valence-electron chi connectivity index (χ2n) is 14.3. The van der Waals surface area contributed by atoms with Crippen molar-refractivity contribution >= 4 is 65.2 Å². The van der Waals surface area contributed by atoms with Crippen molar-refractivity contribution in [1.29, 1.82) is 0 Å². The molecular formula is C35H62N12O13. The minimum absolute atomic E-state index is 0.0268. The average molecular weight is 859 g/mol.